The molecule has 3 aromatic carbocycles. The number of benzene rings is 3. The fraction of sp³-hybridized carbons (Fsp3) is 0.148. The van der Waals surface area contributed by atoms with Crippen LogP contribution in [0, 0.1) is 14.9 Å². The smallest absolute Gasteiger partial charge is 0.337 e. The van der Waals surface area contributed by atoms with Gasteiger partial charge in [-0.25, -0.2) is 4.79 Å². The Bertz CT molecular complexity index is 1270. The van der Waals surface area contributed by atoms with Crippen molar-refractivity contribution in [3.63, 3.8) is 0 Å². The van der Waals surface area contributed by atoms with E-state index in [2.05, 4.69) is 32.6 Å². The van der Waals surface area contributed by atoms with Crippen LogP contribution in [0.2, 0.25) is 0 Å². The lowest BCUT2D eigenvalue weighted by atomic mass is 10.1. The van der Waals surface area contributed by atoms with Crippen LogP contribution in [-0.4, -0.2) is 25.6 Å². The van der Waals surface area contributed by atoms with E-state index in [0.29, 0.717) is 41.5 Å². The summed E-state index contributed by atoms with van der Waals surface area (Å²) in [7, 11) is 1.29. The Morgan fingerprint density at radius 1 is 1.06 bits per heavy atom. The molecule has 0 bridgehead atoms. The number of carbonyl (C=O) groups is 2. The Kier molecular flexibility index (Phi) is 9.26. The molecule has 0 atom stereocenters. The van der Waals surface area contributed by atoms with Crippen molar-refractivity contribution in [1.82, 2.24) is 0 Å². The summed E-state index contributed by atoms with van der Waals surface area (Å²) in [5, 5.41) is 12.3. The number of methoxy groups -OCH3 is 1. The van der Waals surface area contributed by atoms with Gasteiger partial charge in [-0.3, -0.25) is 4.79 Å². The summed E-state index contributed by atoms with van der Waals surface area (Å²) < 4.78 is 17.2. The summed E-state index contributed by atoms with van der Waals surface area (Å²) in [6.07, 6.45) is 1.49. The average Bonchev–Trinajstić information content (AvgIpc) is 2.87. The van der Waals surface area contributed by atoms with Gasteiger partial charge in [-0.2, -0.15) is 5.26 Å². The minimum absolute atomic E-state index is 0.0850. The number of nitrogens with zero attached hydrogens (tertiary/aromatic N) is 1. The molecule has 0 saturated carbocycles. The molecular weight excluding hydrogens is 559 g/mol. The van der Waals surface area contributed by atoms with Crippen molar-refractivity contribution < 1.29 is 23.8 Å². The zero-order valence-electron chi connectivity index (χ0n) is 19.2. The van der Waals surface area contributed by atoms with E-state index in [1.807, 2.05) is 49.4 Å². The number of anilines is 1. The highest BCUT2D eigenvalue weighted by Gasteiger charge is 2.15. The molecule has 0 unspecified atom stereocenters. The number of amides is 1. The van der Waals surface area contributed by atoms with Gasteiger partial charge in [0, 0.05) is 5.69 Å². The summed E-state index contributed by atoms with van der Waals surface area (Å²) in [4.78, 5) is 24.3. The highest BCUT2D eigenvalue weighted by atomic mass is 127. The molecule has 0 aromatic heterocycles. The number of hydrogen-bond acceptors (Lipinski definition) is 6. The molecule has 178 valence electrons. The van der Waals surface area contributed by atoms with Crippen LogP contribution in [0.25, 0.3) is 6.08 Å². The van der Waals surface area contributed by atoms with Crippen molar-refractivity contribution in [3.8, 4) is 17.6 Å². The van der Waals surface area contributed by atoms with E-state index in [-0.39, 0.29) is 5.57 Å². The number of hydrogen-bond donors (Lipinski definition) is 1. The molecule has 0 radical (unpaired) electrons. The van der Waals surface area contributed by atoms with Crippen LogP contribution in [0.4, 0.5) is 5.69 Å². The quantitative estimate of drug-likeness (QED) is 0.153. The maximum absolute atomic E-state index is 12.7. The first kappa shape index (κ1) is 25.8. The molecule has 0 aliphatic rings. The van der Waals surface area contributed by atoms with Gasteiger partial charge in [0.25, 0.3) is 5.91 Å². The lowest BCUT2D eigenvalue weighted by Gasteiger charge is -2.15. The lowest BCUT2D eigenvalue weighted by Crippen LogP contribution is -2.13. The highest BCUT2D eigenvalue weighted by Crippen LogP contribution is 2.35. The van der Waals surface area contributed by atoms with E-state index < -0.39 is 11.9 Å². The normalized spacial score (nSPS) is 10.7. The van der Waals surface area contributed by atoms with Crippen LogP contribution in [0.3, 0.4) is 0 Å². The first-order valence-electron chi connectivity index (χ1n) is 10.7. The van der Waals surface area contributed by atoms with E-state index in [4.69, 9.17) is 9.47 Å². The monoisotopic (exact) mass is 582 g/mol. The highest BCUT2D eigenvalue weighted by molar-refractivity contribution is 14.1. The third kappa shape index (κ3) is 7.07. The average molecular weight is 582 g/mol. The van der Waals surface area contributed by atoms with Crippen LogP contribution < -0.4 is 14.8 Å². The predicted molar refractivity (Wildman–Crippen MR) is 141 cm³/mol. The molecule has 3 rings (SSSR count). The second kappa shape index (κ2) is 12.6. The molecule has 8 heteroatoms. The minimum Gasteiger partial charge on any atom is -0.490 e. The molecular formula is C27H23IN2O5. The Balaban J connectivity index is 1.80. The number of esters is 1. The SMILES string of the molecule is CCOc1cc(/C=C(\C#N)C(=O)Nc2ccc(C(=O)OC)cc2)cc(I)c1OCc1ccccc1. The lowest BCUT2D eigenvalue weighted by molar-refractivity contribution is -0.112. The minimum atomic E-state index is -0.573. The van der Waals surface area contributed by atoms with E-state index >= 15 is 0 Å². The van der Waals surface area contributed by atoms with Crippen molar-refractivity contribution >= 4 is 46.2 Å². The van der Waals surface area contributed by atoms with Crippen molar-refractivity contribution in [1.29, 1.82) is 5.26 Å². The molecule has 35 heavy (non-hydrogen) atoms. The number of rotatable bonds is 9. The van der Waals surface area contributed by atoms with Crippen molar-refractivity contribution in [2.75, 3.05) is 19.0 Å². The number of halogens is 1. The second-order valence-corrected chi connectivity index (χ2v) is 8.39. The van der Waals surface area contributed by atoms with Gasteiger partial charge in [-0.15, -0.1) is 0 Å². The maximum atomic E-state index is 12.7. The molecule has 0 aliphatic heterocycles. The summed E-state index contributed by atoms with van der Waals surface area (Å²) in [6.45, 7) is 2.68. The Hall–Kier alpha value is -3.84. The third-order valence-electron chi connectivity index (χ3n) is 4.80. The van der Waals surface area contributed by atoms with Crippen LogP contribution >= 0.6 is 22.6 Å². The molecule has 1 N–H and O–H groups in total. The number of carbonyl (C=O) groups excluding carboxylic acids is 2. The van der Waals surface area contributed by atoms with Crippen molar-refractivity contribution in [2.24, 2.45) is 0 Å². The maximum Gasteiger partial charge on any atom is 0.337 e. The second-order valence-electron chi connectivity index (χ2n) is 7.23. The van der Waals surface area contributed by atoms with Crippen molar-refractivity contribution in [3.05, 3.63) is 92.6 Å². The van der Waals surface area contributed by atoms with Crippen LogP contribution in [0.15, 0.2) is 72.3 Å². The first-order chi connectivity index (χ1) is 16.9. The third-order valence-corrected chi connectivity index (χ3v) is 5.60. The van der Waals surface area contributed by atoms with E-state index in [9.17, 15) is 14.9 Å². The standard InChI is InChI=1S/C27H23IN2O5/c1-3-34-24-15-19(14-23(28)25(24)35-17-18-7-5-4-6-8-18)13-21(16-29)26(31)30-22-11-9-20(10-12-22)27(32)33-2/h4-15H,3,17H2,1-2H3,(H,30,31)/b21-13+. The van der Waals surface area contributed by atoms with E-state index in [1.165, 1.54) is 25.3 Å². The van der Waals surface area contributed by atoms with Gasteiger partial charge in [-0.05, 0) is 83.1 Å². The van der Waals surface area contributed by atoms with Gasteiger partial charge in [0.1, 0.15) is 18.2 Å². The summed E-state index contributed by atoms with van der Waals surface area (Å²) in [6, 6.07) is 21.5. The largest absolute Gasteiger partial charge is 0.490 e. The number of ether oxygens (including phenoxy) is 3. The molecule has 0 heterocycles. The Labute approximate surface area is 217 Å². The molecule has 0 fully saturated rings. The van der Waals surface area contributed by atoms with E-state index in [1.54, 1.807) is 18.2 Å². The predicted octanol–water partition coefficient (Wildman–Crippen LogP) is 5.60. The zero-order valence-corrected chi connectivity index (χ0v) is 21.4. The number of nitrogens with one attached hydrogen (secondary N) is 1. The molecule has 7 nitrogen and oxygen atoms in total. The van der Waals surface area contributed by atoms with Crippen LogP contribution in [0.5, 0.6) is 11.5 Å². The summed E-state index contributed by atoms with van der Waals surface area (Å²) in [5.41, 5.74) is 2.36. The summed E-state index contributed by atoms with van der Waals surface area (Å²) >= 11 is 2.14. The molecule has 1 amide bonds. The van der Waals surface area contributed by atoms with E-state index in [0.717, 1.165) is 9.13 Å². The topological polar surface area (TPSA) is 97.7 Å². The molecule has 0 spiro atoms. The fourth-order valence-electron chi connectivity index (χ4n) is 3.13. The Morgan fingerprint density at radius 3 is 2.40 bits per heavy atom. The van der Waals surface area contributed by atoms with Gasteiger partial charge in [0.15, 0.2) is 11.5 Å². The molecule has 0 saturated heterocycles. The molecule has 3 aromatic rings. The van der Waals surface area contributed by atoms with Gasteiger partial charge in [0.2, 0.25) is 0 Å². The van der Waals surface area contributed by atoms with Gasteiger partial charge < -0.3 is 19.5 Å². The first-order valence-corrected chi connectivity index (χ1v) is 11.8. The number of nitriles is 1. The summed E-state index contributed by atoms with van der Waals surface area (Å²) in [5.74, 6) is 0.0758. The van der Waals surface area contributed by atoms with Gasteiger partial charge in [0.05, 0.1) is 22.9 Å². The van der Waals surface area contributed by atoms with Gasteiger partial charge in [-0.1, -0.05) is 30.3 Å². The fourth-order valence-corrected chi connectivity index (χ4v) is 3.91. The van der Waals surface area contributed by atoms with Crippen molar-refractivity contribution in [2.45, 2.75) is 13.5 Å². The van der Waals surface area contributed by atoms with Crippen LogP contribution in [-0.2, 0) is 16.1 Å². The van der Waals surface area contributed by atoms with Crippen LogP contribution in [0.1, 0.15) is 28.4 Å². The zero-order chi connectivity index (χ0) is 25.2. The Morgan fingerprint density at radius 2 is 1.77 bits per heavy atom. The molecule has 0 aliphatic carbocycles. The van der Waals surface area contributed by atoms with Gasteiger partial charge >= 0.3 is 5.97 Å².